The molecule has 1 amide bonds. The van der Waals surface area contributed by atoms with Gasteiger partial charge in [0.1, 0.15) is 5.69 Å². The van der Waals surface area contributed by atoms with Crippen molar-refractivity contribution in [2.24, 2.45) is 0 Å². The van der Waals surface area contributed by atoms with Crippen LogP contribution < -0.4 is 10.6 Å². The molecule has 0 aliphatic carbocycles. The number of carbonyl (C=O) groups excluding carboxylic acids is 1. The van der Waals surface area contributed by atoms with Gasteiger partial charge in [-0.05, 0) is 25.1 Å². The standard InChI is InChI=1S/C11H15N3O/c15-11(10-2-1-5-13-10)14-8-9-3-6-12-7-4-9/h1-3,5,12-13H,4,6-8H2,(H,14,15). The summed E-state index contributed by atoms with van der Waals surface area (Å²) in [6.45, 7) is 2.57. The molecule has 0 atom stereocenters. The predicted octanol–water partition coefficient (Wildman–Crippen LogP) is 0.664. The Bertz CT molecular complexity index is 354. The van der Waals surface area contributed by atoms with E-state index in [1.165, 1.54) is 5.57 Å². The Balaban J connectivity index is 1.83. The summed E-state index contributed by atoms with van der Waals surface area (Å²) in [5, 5.41) is 6.12. The lowest BCUT2D eigenvalue weighted by atomic mass is 10.1. The maximum absolute atomic E-state index is 11.6. The summed E-state index contributed by atoms with van der Waals surface area (Å²) in [5.41, 5.74) is 1.91. The van der Waals surface area contributed by atoms with Crippen molar-refractivity contribution < 1.29 is 4.79 Å². The minimum absolute atomic E-state index is 0.0422. The molecule has 4 heteroatoms. The van der Waals surface area contributed by atoms with E-state index >= 15 is 0 Å². The van der Waals surface area contributed by atoms with Gasteiger partial charge in [0.25, 0.3) is 5.91 Å². The number of aromatic nitrogens is 1. The first-order chi connectivity index (χ1) is 7.36. The van der Waals surface area contributed by atoms with Crippen LogP contribution in [-0.4, -0.2) is 30.5 Å². The van der Waals surface area contributed by atoms with Gasteiger partial charge < -0.3 is 15.6 Å². The zero-order valence-electron chi connectivity index (χ0n) is 8.55. The molecular formula is C11H15N3O. The van der Waals surface area contributed by atoms with Gasteiger partial charge in [0.15, 0.2) is 0 Å². The number of nitrogens with one attached hydrogen (secondary N) is 3. The SMILES string of the molecule is O=C(NCC1=CCNCC1)c1ccc[nH]1. The zero-order chi connectivity index (χ0) is 10.5. The van der Waals surface area contributed by atoms with Crippen LogP contribution in [0.1, 0.15) is 16.9 Å². The molecule has 4 nitrogen and oxygen atoms in total. The van der Waals surface area contributed by atoms with Gasteiger partial charge in [0.2, 0.25) is 0 Å². The Hall–Kier alpha value is -1.55. The van der Waals surface area contributed by atoms with Gasteiger partial charge >= 0.3 is 0 Å². The smallest absolute Gasteiger partial charge is 0.267 e. The first-order valence-electron chi connectivity index (χ1n) is 5.16. The molecule has 80 valence electrons. The van der Waals surface area contributed by atoms with E-state index in [4.69, 9.17) is 0 Å². The summed E-state index contributed by atoms with van der Waals surface area (Å²) >= 11 is 0. The fourth-order valence-corrected chi connectivity index (χ4v) is 1.59. The summed E-state index contributed by atoms with van der Waals surface area (Å²) in [5.74, 6) is -0.0422. The molecule has 0 saturated carbocycles. The number of rotatable bonds is 3. The molecule has 1 aliphatic rings. The molecule has 0 bridgehead atoms. The molecule has 0 fully saturated rings. The van der Waals surface area contributed by atoms with E-state index in [0.29, 0.717) is 12.2 Å². The molecule has 0 spiro atoms. The third kappa shape index (κ3) is 2.70. The fraction of sp³-hybridized carbons (Fsp3) is 0.364. The lowest BCUT2D eigenvalue weighted by Gasteiger charge is -2.14. The summed E-state index contributed by atoms with van der Waals surface area (Å²) < 4.78 is 0. The van der Waals surface area contributed by atoms with Crippen molar-refractivity contribution in [1.29, 1.82) is 0 Å². The lowest BCUT2D eigenvalue weighted by Crippen LogP contribution is -2.29. The molecule has 2 rings (SSSR count). The van der Waals surface area contributed by atoms with E-state index in [9.17, 15) is 4.79 Å². The quantitative estimate of drug-likeness (QED) is 0.635. The van der Waals surface area contributed by atoms with Crippen LogP contribution in [0.25, 0.3) is 0 Å². The number of H-pyrrole nitrogens is 1. The Morgan fingerprint density at radius 3 is 3.13 bits per heavy atom. The predicted molar refractivity (Wildman–Crippen MR) is 58.7 cm³/mol. The third-order valence-corrected chi connectivity index (χ3v) is 2.48. The Morgan fingerprint density at radius 1 is 1.53 bits per heavy atom. The molecule has 0 saturated heterocycles. The van der Waals surface area contributed by atoms with Crippen LogP contribution in [0.3, 0.4) is 0 Å². The van der Waals surface area contributed by atoms with Crippen molar-refractivity contribution in [2.75, 3.05) is 19.6 Å². The van der Waals surface area contributed by atoms with Crippen LogP contribution in [0.2, 0.25) is 0 Å². The summed E-state index contributed by atoms with van der Waals surface area (Å²) in [7, 11) is 0. The van der Waals surface area contributed by atoms with Crippen LogP contribution in [-0.2, 0) is 0 Å². The van der Waals surface area contributed by atoms with Gasteiger partial charge in [-0.15, -0.1) is 0 Å². The van der Waals surface area contributed by atoms with Crippen molar-refractivity contribution in [1.82, 2.24) is 15.6 Å². The molecule has 3 N–H and O–H groups in total. The largest absolute Gasteiger partial charge is 0.357 e. The molecule has 15 heavy (non-hydrogen) atoms. The fourth-order valence-electron chi connectivity index (χ4n) is 1.59. The van der Waals surface area contributed by atoms with E-state index < -0.39 is 0 Å². The van der Waals surface area contributed by atoms with E-state index in [1.54, 1.807) is 12.3 Å². The van der Waals surface area contributed by atoms with Crippen LogP contribution in [0.4, 0.5) is 0 Å². The first-order valence-corrected chi connectivity index (χ1v) is 5.16. The van der Waals surface area contributed by atoms with Crippen molar-refractivity contribution in [2.45, 2.75) is 6.42 Å². The topological polar surface area (TPSA) is 56.9 Å². The van der Waals surface area contributed by atoms with E-state index in [1.807, 2.05) is 6.07 Å². The van der Waals surface area contributed by atoms with Gasteiger partial charge in [-0.3, -0.25) is 4.79 Å². The highest BCUT2D eigenvalue weighted by molar-refractivity contribution is 5.92. The molecule has 2 heterocycles. The second kappa shape index (κ2) is 4.79. The zero-order valence-corrected chi connectivity index (χ0v) is 8.55. The normalized spacial score (nSPS) is 15.9. The van der Waals surface area contributed by atoms with Gasteiger partial charge in [-0.2, -0.15) is 0 Å². The van der Waals surface area contributed by atoms with Crippen molar-refractivity contribution in [3.63, 3.8) is 0 Å². The molecule has 0 aromatic carbocycles. The number of hydrogen-bond donors (Lipinski definition) is 3. The lowest BCUT2D eigenvalue weighted by molar-refractivity contribution is 0.0952. The average Bonchev–Trinajstić information content (AvgIpc) is 2.81. The van der Waals surface area contributed by atoms with Crippen molar-refractivity contribution >= 4 is 5.91 Å². The van der Waals surface area contributed by atoms with Crippen LogP contribution in [0.5, 0.6) is 0 Å². The Kier molecular flexibility index (Phi) is 3.19. The van der Waals surface area contributed by atoms with Crippen LogP contribution >= 0.6 is 0 Å². The van der Waals surface area contributed by atoms with E-state index in [2.05, 4.69) is 21.7 Å². The maximum Gasteiger partial charge on any atom is 0.267 e. The molecule has 0 radical (unpaired) electrons. The monoisotopic (exact) mass is 205 g/mol. The molecule has 1 aliphatic heterocycles. The number of aromatic amines is 1. The van der Waals surface area contributed by atoms with E-state index in [-0.39, 0.29) is 5.91 Å². The highest BCUT2D eigenvalue weighted by atomic mass is 16.1. The Labute approximate surface area is 88.8 Å². The molecular weight excluding hydrogens is 190 g/mol. The molecule has 0 unspecified atom stereocenters. The summed E-state index contributed by atoms with van der Waals surface area (Å²) in [6.07, 6.45) is 4.90. The Morgan fingerprint density at radius 2 is 2.47 bits per heavy atom. The highest BCUT2D eigenvalue weighted by Crippen LogP contribution is 2.02. The second-order valence-electron chi connectivity index (χ2n) is 3.58. The number of hydrogen-bond acceptors (Lipinski definition) is 2. The van der Waals surface area contributed by atoms with Gasteiger partial charge in [-0.25, -0.2) is 0 Å². The maximum atomic E-state index is 11.6. The van der Waals surface area contributed by atoms with E-state index in [0.717, 1.165) is 19.5 Å². The van der Waals surface area contributed by atoms with Gasteiger partial charge in [-0.1, -0.05) is 11.6 Å². The average molecular weight is 205 g/mol. The van der Waals surface area contributed by atoms with Crippen LogP contribution in [0, 0.1) is 0 Å². The highest BCUT2D eigenvalue weighted by Gasteiger charge is 2.07. The number of amides is 1. The number of carbonyl (C=O) groups is 1. The third-order valence-electron chi connectivity index (χ3n) is 2.48. The van der Waals surface area contributed by atoms with Gasteiger partial charge in [0, 0.05) is 19.3 Å². The molecule has 1 aromatic heterocycles. The van der Waals surface area contributed by atoms with Crippen LogP contribution in [0.15, 0.2) is 30.0 Å². The minimum Gasteiger partial charge on any atom is -0.357 e. The first kappa shape index (κ1) is 9.98. The molecule has 1 aromatic rings. The summed E-state index contributed by atoms with van der Waals surface area (Å²) in [4.78, 5) is 14.4. The second-order valence-corrected chi connectivity index (χ2v) is 3.58. The van der Waals surface area contributed by atoms with Crippen molar-refractivity contribution in [3.8, 4) is 0 Å². The van der Waals surface area contributed by atoms with Crippen molar-refractivity contribution in [3.05, 3.63) is 35.7 Å². The summed E-state index contributed by atoms with van der Waals surface area (Å²) in [6, 6.07) is 3.59. The van der Waals surface area contributed by atoms with Gasteiger partial charge in [0.05, 0.1) is 0 Å². The minimum atomic E-state index is -0.0422.